The molecule has 0 radical (unpaired) electrons. The summed E-state index contributed by atoms with van der Waals surface area (Å²) < 4.78 is 0. The molecular weight excluding hydrogens is 528 g/mol. The largest absolute Gasteiger partial charge is 0.480 e. The average Bonchev–Trinajstić information content (AvgIpc) is 3.53. The minimum absolute atomic E-state index is 0.161. The first-order valence-electron chi connectivity index (χ1n) is 16.4. The first-order valence-corrected chi connectivity index (χ1v) is 16.4. The number of nitrogens with one attached hydrogen (secondary N) is 2. The van der Waals surface area contributed by atoms with E-state index in [0.29, 0.717) is 41.9 Å². The van der Waals surface area contributed by atoms with Crippen molar-refractivity contribution in [1.82, 2.24) is 10.3 Å². The van der Waals surface area contributed by atoms with Crippen LogP contribution < -0.4 is 5.32 Å². The van der Waals surface area contributed by atoms with E-state index < -0.39 is 12.0 Å². The Morgan fingerprint density at radius 3 is 2.55 bits per heavy atom. The Balaban J connectivity index is 1.08. The molecular formula is C35H50N2O5. The quantitative estimate of drug-likeness (QED) is 0.276. The Morgan fingerprint density at radius 1 is 1.02 bits per heavy atom. The summed E-state index contributed by atoms with van der Waals surface area (Å²) in [6.45, 7) is 7.18. The summed E-state index contributed by atoms with van der Waals surface area (Å²) in [6, 6.07) is 6.84. The monoisotopic (exact) mass is 578 g/mol. The Bertz CT molecular complexity index is 1310. The predicted molar refractivity (Wildman–Crippen MR) is 163 cm³/mol. The van der Waals surface area contributed by atoms with Crippen molar-refractivity contribution in [3.8, 4) is 0 Å². The lowest BCUT2D eigenvalue weighted by molar-refractivity contribution is -0.174. The second-order valence-electron chi connectivity index (χ2n) is 15.0. The van der Waals surface area contributed by atoms with Gasteiger partial charge in [0.15, 0.2) is 0 Å². The third-order valence-electron chi connectivity index (χ3n) is 13.0. The van der Waals surface area contributed by atoms with Gasteiger partial charge in [0, 0.05) is 29.9 Å². The highest BCUT2D eigenvalue weighted by Crippen LogP contribution is 2.68. The maximum absolute atomic E-state index is 13.0. The van der Waals surface area contributed by atoms with Crippen molar-refractivity contribution in [2.45, 2.75) is 110 Å². The lowest BCUT2D eigenvalue weighted by Gasteiger charge is -2.62. The number of carboxylic acids is 1. The molecule has 5 N–H and O–H groups in total. The second-order valence-corrected chi connectivity index (χ2v) is 15.0. The number of aliphatic carboxylic acids is 1. The molecule has 4 fully saturated rings. The van der Waals surface area contributed by atoms with Gasteiger partial charge in [-0.2, -0.15) is 0 Å². The third kappa shape index (κ3) is 5.08. The number of aromatic nitrogens is 1. The minimum Gasteiger partial charge on any atom is -0.480 e. The van der Waals surface area contributed by atoms with Crippen LogP contribution in [0.1, 0.15) is 90.5 Å². The predicted octanol–water partition coefficient (Wildman–Crippen LogP) is 5.69. The number of aromatic amines is 1. The molecule has 4 saturated carbocycles. The number of hydrogen-bond donors (Lipinski definition) is 5. The van der Waals surface area contributed by atoms with Crippen molar-refractivity contribution in [1.29, 1.82) is 0 Å². The van der Waals surface area contributed by atoms with Gasteiger partial charge < -0.3 is 25.6 Å². The molecule has 1 aromatic carbocycles. The van der Waals surface area contributed by atoms with E-state index in [1.54, 1.807) is 0 Å². The molecule has 0 saturated heterocycles. The van der Waals surface area contributed by atoms with Crippen molar-refractivity contribution in [2.75, 3.05) is 0 Å². The zero-order valence-electron chi connectivity index (χ0n) is 25.5. The zero-order valence-corrected chi connectivity index (χ0v) is 25.5. The molecule has 11 unspecified atom stereocenters. The summed E-state index contributed by atoms with van der Waals surface area (Å²) in [6.07, 6.45) is 10.9. The van der Waals surface area contributed by atoms with E-state index in [1.807, 2.05) is 30.5 Å². The molecule has 7 heteroatoms. The zero-order chi connectivity index (χ0) is 29.8. The molecule has 0 bridgehead atoms. The molecule has 0 spiro atoms. The summed E-state index contributed by atoms with van der Waals surface area (Å²) in [4.78, 5) is 28.3. The van der Waals surface area contributed by atoms with Crippen molar-refractivity contribution >= 4 is 22.8 Å². The molecule has 230 valence electrons. The van der Waals surface area contributed by atoms with Crippen LogP contribution in [0.4, 0.5) is 0 Å². The maximum atomic E-state index is 13.0. The molecule has 2 aromatic rings. The van der Waals surface area contributed by atoms with Gasteiger partial charge in [0.1, 0.15) is 6.04 Å². The average molecular weight is 579 g/mol. The van der Waals surface area contributed by atoms with Crippen LogP contribution >= 0.6 is 0 Å². The number of carbonyl (C=O) groups is 2. The summed E-state index contributed by atoms with van der Waals surface area (Å²) in [5.74, 6) is 1.43. The fraction of sp³-hybridized carbons (Fsp3) is 0.714. The number of rotatable bonds is 8. The van der Waals surface area contributed by atoms with Crippen LogP contribution in [-0.2, 0) is 16.0 Å². The van der Waals surface area contributed by atoms with Crippen LogP contribution in [0.5, 0.6) is 0 Å². The van der Waals surface area contributed by atoms with Crippen LogP contribution in [-0.4, -0.2) is 50.4 Å². The molecule has 0 aliphatic heterocycles. The van der Waals surface area contributed by atoms with Gasteiger partial charge in [0.2, 0.25) is 5.91 Å². The molecule has 11 atom stereocenters. The van der Waals surface area contributed by atoms with E-state index in [9.17, 15) is 24.9 Å². The smallest absolute Gasteiger partial charge is 0.326 e. The van der Waals surface area contributed by atoms with Gasteiger partial charge in [-0.15, -0.1) is 0 Å². The normalized spacial score (nSPS) is 39.1. The number of carboxylic acid groups (broad SMARTS) is 1. The molecule has 1 amide bonds. The second kappa shape index (κ2) is 11.3. The third-order valence-corrected chi connectivity index (χ3v) is 13.0. The van der Waals surface area contributed by atoms with E-state index >= 15 is 0 Å². The van der Waals surface area contributed by atoms with Crippen LogP contribution in [0.2, 0.25) is 0 Å². The standard InChI is InChI=1S/C35H50N2O5/c1-20(8-11-31(40)37-29(33(41)42)16-21-19-36-28-7-5-4-6-24(21)28)25-9-10-26-32-27(13-15-35(25,26)3)34(2)14-12-23(38)17-22(34)18-30(32)39/h4-7,19-20,22-23,25-27,29-30,32,36,38-39H,8-18H2,1-3H3,(H,37,40)(H,41,42). The number of para-hydroxylation sites is 1. The van der Waals surface area contributed by atoms with Gasteiger partial charge in [0.25, 0.3) is 0 Å². The lowest BCUT2D eigenvalue weighted by Crippen LogP contribution is -2.58. The fourth-order valence-electron chi connectivity index (χ4n) is 10.7. The maximum Gasteiger partial charge on any atom is 0.326 e. The summed E-state index contributed by atoms with van der Waals surface area (Å²) in [5, 5.41) is 35.5. The number of carbonyl (C=O) groups excluding carboxylic acids is 1. The summed E-state index contributed by atoms with van der Waals surface area (Å²) >= 11 is 0. The molecule has 4 aliphatic rings. The van der Waals surface area contributed by atoms with Crippen molar-refractivity contribution in [3.05, 3.63) is 36.0 Å². The van der Waals surface area contributed by atoms with Crippen molar-refractivity contribution in [2.24, 2.45) is 46.3 Å². The number of aliphatic hydroxyl groups excluding tert-OH is 2. The number of aliphatic hydroxyl groups is 2. The van der Waals surface area contributed by atoms with Crippen LogP contribution in [0, 0.1) is 46.3 Å². The number of H-pyrrole nitrogens is 1. The Kier molecular flexibility index (Phi) is 7.97. The van der Waals surface area contributed by atoms with Crippen LogP contribution in [0.25, 0.3) is 10.9 Å². The highest BCUT2D eigenvalue weighted by molar-refractivity contribution is 5.86. The lowest BCUT2D eigenvalue weighted by atomic mass is 9.43. The topological polar surface area (TPSA) is 123 Å². The van der Waals surface area contributed by atoms with Gasteiger partial charge in [-0.3, -0.25) is 4.79 Å². The summed E-state index contributed by atoms with van der Waals surface area (Å²) in [5.41, 5.74) is 2.23. The van der Waals surface area contributed by atoms with Crippen LogP contribution in [0.3, 0.4) is 0 Å². The first kappa shape index (κ1) is 29.7. The number of benzene rings is 1. The van der Waals surface area contributed by atoms with E-state index in [0.717, 1.165) is 67.8 Å². The Morgan fingerprint density at radius 2 is 1.76 bits per heavy atom. The molecule has 42 heavy (non-hydrogen) atoms. The highest BCUT2D eigenvalue weighted by atomic mass is 16.4. The molecule has 1 aromatic heterocycles. The fourth-order valence-corrected chi connectivity index (χ4v) is 10.7. The van der Waals surface area contributed by atoms with Crippen molar-refractivity contribution in [3.63, 3.8) is 0 Å². The van der Waals surface area contributed by atoms with Gasteiger partial charge in [0.05, 0.1) is 12.2 Å². The van der Waals surface area contributed by atoms with E-state index in [2.05, 4.69) is 31.1 Å². The number of amides is 1. The molecule has 6 rings (SSSR count). The van der Waals surface area contributed by atoms with Gasteiger partial charge >= 0.3 is 5.97 Å². The summed E-state index contributed by atoms with van der Waals surface area (Å²) in [7, 11) is 0. The van der Waals surface area contributed by atoms with Gasteiger partial charge in [-0.05, 0) is 116 Å². The molecule has 7 nitrogen and oxygen atoms in total. The van der Waals surface area contributed by atoms with E-state index in [1.165, 1.54) is 6.42 Å². The minimum atomic E-state index is -1.01. The number of hydrogen-bond acceptors (Lipinski definition) is 4. The van der Waals surface area contributed by atoms with Crippen LogP contribution in [0.15, 0.2) is 30.5 Å². The van der Waals surface area contributed by atoms with Gasteiger partial charge in [-0.1, -0.05) is 39.0 Å². The Labute approximate surface area is 249 Å². The van der Waals surface area contributed by atoms with Crippen molar-refractivity contribution < 1.29 is 24.9 Å². The SMILES string of the molecule is CC(CCC(=O)NC(Cc1c[nH]c2ccccc12)C(=O)O)C1CCC2C3C(O)CC4CC(O)CCC4(C)C3CCC12C. The van der Waals surface area contributed by atoms with Gasteiger partial charge in [-0.25, -0.2) is 4.79 Å². The highest BCUT2D eigenvalue weighted by Gasteiger charge is 2.62. The van der Waals surface area contributed by atoms with E-state index in [4.69, 9.17) is 0 Å². The van der Waals surface area contributed by atoms with E-state index in [-0.39, 0.29) is 35.4 Å². The number of fused-ring (bicyclic) bond motifs is 6. The molecule has 1 heterocycles. The first-order chi connectivity index (χ1) is 20.0. The molecule has 4 aliphatic carbocycles. The Hall–Kier alpha value is -2.38.